The van der Waals surface area contributed by atoms with E-state index in [2.05, 4.69) is 23.5 Å². The zero-order chi connectivity index (χ0) is 16.2. The number of halogens is 1. The van der Waals surface area contributed by atoms with Gasteiger partial charge in [0.1, 0.15) is 11.9 Å². The van der Waals surface area contributed by atoms with Gasteiger partial charge in [0, 0.05) is 24.6 Å². The minimum Gasteiger partial charge on any atom is -0.486 e. The lowest BCUT2D eigenvalue weighted by atomic mass is 10.0. The van der Waals surface area contributed by atoms with Crippen LogP contribution in [0, 0.1) is 10.1 Å². The number of hydrogen-bond donors (Lipinski definition) is 1. The van der Waals surface area contributed by atoms with Crippen molar-refractivity contribution in [2.45, 2.75) is 31.4 Å². The van der Waals surface area contributed by atoms with Crippen LogP contribution in [0.1, 0.15) is 30.1 Å². The molecule has 0 saturated heterocycles. The molecular formula is C18H21ClN2O3. The first-order valence-corrected chi connectivity index (χ1v) is 7.83. The molecule has 0 aromatic heterocycles. The predicted octanol–water partition coefficient (Wildman–Crippen LogP) is 4.06. The van der Waals surface area contributed by atoms with Gasteiger partial charge in [0.2, 0.25) is 0 Å². The summed E-state index contributed by atoms with van der Waals surface area (Å²) in [5.41, 5.74) is 2.60. The molecule has 0 amide bonds. The molecular weight excluding hydrogens is 328 g/mol. The zero-order valence-corrected chi connectivity index (χ0v) is 14.3. The third kappa shape index (κ3) is 4.04. The van der Waals surface area contributed by atoms with E-state index in [1.807, 2.05) is 13.1 Å². The van der Waals surface area contributed by atoms with Gasteiger partial charge >= 0.3 is 0 Å². The first-order chi connectivity index (χ1) is 11.2. The summed E-state index contributed by atoms with van der Waals surface area (Å²) in [4.78, 5) is 10.3. The van der Waals surface area contributed by atoms with E-state index in [9.17, 15) is 10.1 Å². The molecule has 2 aromatic carbocycles. The van der Waals surface area contributed by atoms with Gasteiger partial charge in [0.25, 0.3) is 5.69 Å². The molecule has 0 spiro atoms. The second-order valence-corrected chi connectivity index (χ2v) is 5.82. The summed E-state index contributed by atoms with van der Waals surface area (Å²) < 4.78 is 6.17. The molecule has 6 heteroatoms. The Morgan fingerprint density at radius 1 is 1.17 bits per heavy atom. The van der Waals surface area contributed by atoms with Crippen molar-refractivity contribution >= 4 is 18.1 Å². The van der Waals surface area contributed by atoms with E-state index in [1.54, 1.807) is 12.1 Å². The van der Waals surface area contributed by atoms with Gasteiger partial charge in [-0.15, -0.1) is 12.4 Å². The van der Waals surface area contributed by atoms with Gasteiger partial charge in [-0.1, -0.05) is 24.3 Å². The number of ether oxygens (including phenoxy) is 1. The van der Waals surface area contributed by atoms with Crippen molar-refractivity contribution in [3.8, 4) is 5.75 Å². The number of nitro groups is 1. The van der Waals surface area contributed by atoms with Gasteiger partial charge in [-0.2, -0.15) is 0 Å². The number of aryl methyl sites for hydroxylation is 1. The number of rotatable bonds is 4. The van der Waals surface area contributed by atoms with E-state index >= 15 is 0 Å². The van der Waals surface area contributed by atoms with Crippen LogP contribution in [0.2, 0.25) is 0 Å². The lowest BCUT2D eigenvalue weighted by molar-refractivity contribution is -0.384. The second kappa shape index (κ2) is 8.13. The third-order valence-electron chi connectivity index (χ3n) is 4.40. The van der Waals surface area contributed by atoms with E-state index in [4.69, 9.17) is 4.74 Å². The lowest BCUT2D eigenvalue weighted by Gasteiger charge is -2.22. The number of nitrogens with one attached hydrogen (secondary N) is 1. The molecule has 0 saturated carbocycles. The molecule has 2 unspecified atom stereocenters. The number of nitro benzene ring substituents is 1. The van der Waals surface area contributed by atoms with Crippen LogP contribution in [-0.2, 0) is 6.42 Å². The molecule has 0 bridgehead atoms. The standard InChI is InChI=1S/C18H20N2O3.ClH/c1-19-14-7-6-13-4-2-3-5-17(13)18(12-14)23-16-10-8-15(9-11-16)20(21)22;/h2-5,8-11,14,18-19H,6-7,12H2,1H3;1H. The summed E-state index contributed by atoms with van der Waals surface area (Å²) >= 11 is 0. The number of benzene rings is 2. The quantitative estimate of drug-likeness (QED) is 0.514. The van der Waals surface area contributed by atoms with Crippen LogP contribution in [0.4, 0.5) is 5.69 Å². The van der Waals surface area contributed by atoms with Crippen molar-refractivity contribution < 1.29 is 9.66 Å². The number of hydrogen-bond acceptors (Lipinski definition) is 4. The summed E-state index contributed by atoms with van der Waals surface area (Å²) in [6, 6.07) is 15.0. The molecule has 128 valence electrons. The summed E-state index contributed by atoms with van der Waals surface area (Å²) in [6.07, 6.45) is 2.94. The fourth-order valence-electron chi connectivity index (χ4n) is 3.09. The maximum Gasteiger partial charge on any atom is 0.269 e. The minimum atomic E-state index is -0.401. The number of non-ortho nitro benzene ring substituents is 1. The molecule has 0 heterocycles. The molecule has 1 aliphatic carbocycles. The van der Waals surface area contributed by atoms with Crippen molar-refractivity contribution in [3.63, 3.8) is 0 Å². The maximum absolute atomic E-state index is 10.7. The smallest absolute Gasteiger partial charge is 0.269 e. The van der Waals surface area contributed by atoms with Crippen LogP contribution in [0.5, 0.6) is 5.75 Å². The summed E-state index contributed by atoms with van der Waals surface area (Å²) in [5.74, 6) is 0.659. The van der Waals surface area contributed by atoms with Crippen LogP contribution < -0.4 is 10.1 Å². The van der Waals surface area contributed by atoms with Gasteiger partial charge in [-0.3, -0.25) is 10.1 Å². The highest BCUT2D eigenvalue weighted by molar-refractivity contribution is 5.85. The van der Waals surface area contributed by atoms with E-state index in [0.717, 1.165) is 19.3 Å². The zero-order valence-electron chi connectivity index (χ0n) is 13.5. The molecule has 0 radical (unpaired) electrons. The molecule has 0 aliphatic heterocycles. The molecule has 2 atom stereocenters. The lowest BCUT2D eigenvalue weighted by Crippen LogP contribution is -2.27. The Bertz CT molecular complexity index is 691. The first-order valence-electron chi connectivity index (χ1n) is 7.83. The molecule has 5 nitrogen and oxygen atoms in total. The van der Waals surface area contributed by atoms with Crippen molar-refractivity contribution in [1.82, 2.24) is 5.32 Å². The molecule has 1 aliphatic rings. The van der Waals surface area contributed by atoms with Crippen molar-refractivity contribution in [2.75, 3.05) is 7.05 Å². The highest BCUT2D eigenvalue weighted by Crippen LogP contribution is 2.33. The molecule has 0 fully saturated rings. The largest absolute Gasteiger partial charge is 0.486 e. The van der Waals surface area contributed by atoms with Crippen LogP contribution in [0.25, 0.3) is 0 Å². The van der Waals surface area contributed by atoms with E-state index in [-0.39, 0.29) is 24.2 Å². The highest BCUT2D eigenvalue weighted by Gasteiger charge is 2.25. The summed E-state index contributed by atoms with van der Waals surface area (Å²) in [5, 5.41) is 14.1. The average molecular weight is 349 g/mol. The summed E-state index contributed by atoms with van der Waals surface area (Å²) in [6.45, 7) is 0. The Morgan fingerprint density at radius 3 is 2.54 bits per heavy atom. The molecule has 2 aromatic rings. The van der Waals surface area contributed by atoms with Gasteiger partial charge in [-0.25, -0.2) is 0 Å². The van der Waals surface area contributed by atoms with Crippen LogP contribution in [0.15, 0.2) is 48.5 Å². The molecule has 1 N–H and O–H groups in total. The fourth-order valence-corrected chi connectivity index (χ4v) is 3.09. The van der Waals surface area contributed by atoms with E-state index in [1.165, 1.54) is 23.3 Å². The van der Waals surface area contributed by atoms with Gasteiger partial charge in [0.15, 0.2) is 0 Å². The Hall–Kier alpha value is -2.11. The predicted molar refractivity (Wildman–Crippen MR) is 95.9 cm³/mol. The first kappa shape index (κ1) is 18.2. The van der Waals surface area contributed by atoms with Crippen LogP contribution in [0.3, 0.4) is 0 Å². The number of nitrogens with zero attached hydrogens (tertiary/aromatic N) is 1. The van der Waals surface area contributed by atoms with Crippen molar-refractivity contribution in [1.29, 1.82) is 0 Å². The summed E-state index contributed by atoms with van der Waals surface area (Å²) in [7, 11) is 1.98. The van der Waals surface area contributed by atoms with Crippen LogP contribution >= 0.6 is 12.4 Å². The minimum absolute atomic E-state index is 0. The van der Waals surface area contributed by atoms with Gasteiger partial charge in [-0.05, 0) is 43.1 Å². The van der Waals surface area contributed by atoms with E-state index in [0.29, 0.717) is 11.8 Å². The fraction of sp³-hybridized carbons (Fsp3) is 0.333. The molecule has 3 rings (SSSR count). The Kier molecular flexibility index (Phi) is 6.17. The highest BCUT2D eigenvalue weighted by atomic mass is 35.5. The Balaban J connectivity index is 0.00000208. The second-order valence-electron chi connectivity index (χ2n) is 5.82. The Morgan fingerprint density at radius 2 is 1.88 bits per heavy atom. The van der Waals surface area contributed by atoms with Crippen molar-refractivity contribution in [2.24, 2.45) is 0 Å². The van der Waals surface area contributed by atoms with Crippen molar-refractivity contribution in [3.05, 3.63) is 69.8 Å². The normalized spacial score (nSPS) is 19.5. The van der Waals surface area contributed by atoms with Gasteiger partial charge < -0.3 is 10.1 Å². The number of fused-ring (bicyclic) bond motifs is 1. The Labute approximate surface area is 147 Å². The third-order valence-corrected chi connectivity index (χ3v) is 4.40. The monoisotopic (exact) mass is 348 g/mol. The van der Waals surface area contributed by atoms with Crippen LogP contribution in [-0.4, -0.2) is 18.0 Å². The van der Waals surface area contributed by atoms with E-state index < -0.39 is 4.92 Å². The maximum atomic E-state index is 10.7. The average Bonchev–Trinajstić information content (AvgIpc) is 2.75. The topological polar surface area (TPSA) is 64.4 Å². The van der Waals surface area contributed by atoms with Gasteiger partial charge in [0.05, 0.1) is 4.92 Å². The molecule has 24 heavy (non-hydrogen) atoms. The SMILES string of the molecule is CNC1CCc2ccccc2C(Oc2ccc([N+](=O)[O-])cc2)C1.Cl.